The predicted molar refractivity (Wildman–Crippen MR) is 87.6 cm³/mol. The van der Waals surface area contributed by atoms with Crippen LogP contribution in [0.2, 0.25) is 0 Å². The molecule has 0 bridgehead atoms. The van der Waals surface area contributed by atoms with Gasteiger partial charge in [-0.1, -0.05) is 30.3 Å². The van der Waals surface area contributed by atoms with Crippen LogP contribution >= 0.6 is 0 Å². The van der Waals surface area contributed by atoms with Gasteiger partial charge in [-0.15, -0.1) is 0 Å². The van der Waals surface area contributed by atoms with Crippen LogP contribution in [0.15, 0.2) is 55.0 Å². The quantitative estimate of drug-likeness (QED) is 0.663. The standard InChI is InChI=1S/C17H21N5O/c23-9-8-21(14-17-6-7-18-20-17)11-16-10-19-22(13-16)12-15-4-2-1-3-5-15/h1-7,10,13,23H,8-9,11-12,14H2,(H,18,20). The second-order valence-corrected chi connectivity index (χ2v) is 5.55. The molecule has 0 amide bonds. The van der Waals surface area contributed by atoms with Crippen molar-refractivity contribution in [3.63, 3.8) is 0 Å². The number of hydrogen-bond acceptors (Lipinski definition) is 4. The molecule has 6 nitrogen and oxygen atoms in total. The van der Waals surface area contributed by atoms with Crippen molar-refractivity contribution in [2.45, 2.75) is 19.6 Å². The lowest BCUT2D eigenvalue weighted by molar-refractivity contribution is 0.183. The Bertz CT molecular complexity index is 693. The highest BCUT2D eigenvalue weighted by atomic mass is 16.3. The largest absolute Gasteiger partial charge is 0.395 e. The molecular weight excluding hydrogens is 290 g/mol. The Hall–Kier alpha value is -2.44. The zero-order chi connectivity index (χ0) is 15.9. The number of aliphatic hydroxyl groups is 1. The molecule has 2 heterocycles. The minimum Gasteiger partial charge on any atom is -0.395 e. The van der Waals surface area contributed by atoms with Crippen molar-refractivity contribution in [2.75, 3.05) is 13.2 Å². The van der Waals surface area contributed by atoms with Crippen molar-refractivity contribution in [1.29, 1.82) is 0 Å². The fraction of sp³-hybridized carbons (Fsp3) is 0.294. The van der Waals surface area contributed by atoms with Crippen molar-refractivity contribution in [3.05, 3.63) is 71.8 Å². The fourth-order valence-corrected chi connectivity index (χ4v) is 2.57. The molecule has 0 radical (unpaired) electrons. The summed E-state index contributed by atoms with van der Waals surface area (Å²) in [7, 11) is 0. The maximum absolute atomic E-state index is 9.26. The third-order valence-corrected chi connectivity index (χ3v) is 3.65. The molecule has 0 fully saturated rings. The van der Waals surface area contributed by atoms with Gasteiger partial charge in [-0.05, 0) is 11.6 Å². The predicted octanol–water partition coefficient (Wildman–Crippen LogP) is 1.65. The lowest BCUT2D eigenvalue weighted by atomic mass is 10.2. The maximum Gasteiger partial charge on any atom is 0.0659 e. The summed E-state index contributed by atoms with van der Waals surface area (Å²) >= 11 is 0. The van der Waals surface area contributed by atoms with Gasteiger partial charge in [0, 0.05) is 43.3 Å². The number of aromatic nitrogens is 4. The highest BCUT2D eigenvalue weighted by molar-refractivity contribution is 5.15. The molecule has 6 heteroatoms. The number of nitrogens with one attached hydrogen (secondary N) is 1. The molecule has 23 heavy (non-hydrogen) atoms. The van der Waals surface area contributed by atoms with E-state index in [1.165, 1.54) is 5.56 Å². The van der Waals surface area contributed by atoms with E-state index in [0.29, 0.717) is 6.54 Å². The minimum absolute atomic E-state index is 0.131. The molecule has 0 atom stereocenters. The third-order valence-electron chi connectivity index (χ3n) is 3.65. The maximum atomic E-state index is 9.26. The van der Waals surface area contributed by atoms with Crippen molar-refractivity contribution in [3.8, 4) is 0 Å². The number of aliphatic hydroxyl groups excluding tert-OH is 1. The molecule has 2 N–H and O–H groups in total. The van der Waals surface area contributed by atoms with Gasteiger partial charge in [0.2, 0.25) is 0 Å². The van der Waals surface area contributed by atoms with Crippen LogP contribution in [-0.4, -0.2) is 43.1 Å². The molecular formula is C17H21N5O. The average Bonchev–Trinajstić information content (AvgIpc) is 3.21. The van der Waals surface area contributed by atoms with E-state index in [-0.39, 0.29) is 6.61 Å². The zero-order valence-corrected chi connectivity index (χ0v) is 13.0. The lowest BCUT2D eigenvalue weighted by Crippen LogP contribution is -2.26. The molecule has 0 aliphatic heterocycles. The van der Waals surface area contributed by atoms with E-state index in [1.54, 1.807) is 6.20 Å². The first-order valence-electron chi connectivity index (χ1n) is 7.70. The minimum atomic E-state index is 0.131. The van der Waals surface area contributed by atoms with Gasteiger partial charge in [-0.2, -0.15) is 10.2 Å². The SMILES string of the molecule is OCCN(Cc1cnn(Cc2ccccc2)c1)Cc1ccn[nH]1. The molecule has 3 rings (SSSR count). The van der Waals surface area contributed by atoms with E-state index < -0.39 is 0 Å². The molecule has 2 aromatic heterocycles. The Labute approximate surface area is 135 Å². The summed E-state index contributed by atoms with van der Waals surface area (Å²) in [5.41, 5.74) is 3.40. The van der Waals surface area contributed by atoms with E-state index >= 15 is 0 Å². The van der Waals surface area contributed by atoms with E-state index in [1.807, 2.05) is 35.1 Å². The van der Waals surface area contributed by atoms with Crippen molar-refractivity contribution in [1.82, 2.24) is 24.9 Å². The molecule has 0 saturated heterocycles. The number of H-pyrrole nitrogens is 1. The topological polar surface area (TPSA) is 70.0 Å². The summed E-state index contributed by atoms with van der Waals surface area (Å²) in [6.45, 7) is 2.98. The first kappa shape index (κ1) is 15.5. The van der Waals surface area contributed by atoms with Gasteiger partial charge < -0.3 is 5.11 Å². The zero-order valence-electron chi connectivity index (χ0n) is 13.0. The normalized spacial score (nSPS) is 11.2. The smallest absolute Gasteiger partial charge is 0.0659 e. The van der Waals surface area contributed by atoms with Crippen LogP contribution in [0, 0.1) is 0 Å². The second kappa shape index (κ2) is 7.71. The summed E-state index contributed by atoms with van der Waals surface area (Å²) in [6, 6.07) is 12.2. The molecule has 0 unspecified atom stereocenters. The third kappa shape index (κ3) is 4.51. The summed E-state index contributed by atoms with van der Waals surface area (Å²) < 4.78 is 1.94. The number of hydrogen-bond donors (Lipinski definition) is 2. The van der Waals surface area contributed by atoms with Gasteiger partial charge in [0.1, 0.15) is 0 Å². The van der Waals surface area contributed by atoms with Gasteiger partial charge in [0.05, 0.1) is 19.3 Å². The Morgan fingerprint density at radius 1 is 1.09 bits per heavy atom. The Morgan fingerprint density at radius 2 is 1.96 bits per heavy atom. The van der Waals surface area contributed by atoms with Crippen LogP contribution in [0.5, 0.6) is 0 Å². The first-order valence-corrected chi connectivity index (χ1v) is 7.70. The Balaban J connectivity index is 1.62. The summed E-state index contributed by atoms with van der Waals surface area (Å²) in [5.74, 6) is 0. The Morgan fingerprint density at radius 3 is 2.70 bits per heavy atom. The molecule has 0 saturated carbocycles. The van der Waals surface area contributed by atoms with E-state index in [0.717, 1.165) is 30.9 Å². The number of nitrogens with zero attached hydrogens (tertiary/aromatic N) is 4. The van der Waals surface area contributed by atoms with Crippen LogP contribution < -0.4 is 0 Å². The number of rotatable bonds is 8. The van der Waals surface area contributed by atoms with Gasteiger partial charge in [-0.3, -0.25) is 14.7 Å². The van der Waals surface area contributed by atoms with Crippen molar-refractivity contribution in [2.24, 2.45) is 0 Å². The van der Waals surface area contributed by atoms with Crippen LogP contribution in [0.25, 0.3) is 0 Å². The monoisotopic (exact) mass is 311 g/mol. The van der Waals surface area contributed by atoms with Gasteiger partial charge in [0.25, 0.3) is 0 Å². The molecule has 0 aliphatic carbocycles. The van der Waals surface area contributed by atoms with Crippen LogP contribution in [-0.2, 0) is 19.6 Å². The first-order chi connectivity index (χ1) is 11.3. The number of aromatic amines is 1. The van der Waals surface area contributed by atoms with Gasteiger partial charge in [-0.25, -0.2) is 0 Å². The van der Waals surface area contributed by atoms with Gasteiger partial charge >= 0.3 is 0 Å². The van der Waals surface area contributed by atoms with Crippen LogP contribution in [0.4, 0.5) is 0 Å². The average molecular weight is 311 g/mol. The van der Waals surface area contributed by atoms with Crippen LogP contribution in [0.1, 0.15) is 16.8 Å². The molecule has 0 spiro atoms. The molecule has 3 aromatic rings. The van der Waals surface area contributed by atoms with Crippen molar-refractivity contribution >= 4 is 0 Å². The molecule has 120 valence electrons. The fourth-order valence-electron chi connectivity index (χ4n) is 2.57. The highest BCUT2D eigenvalue weighted by Crippen LogP contribution is 2.09. The Kier molecular flexibility index (Phi) is 5.18. The van der Waals surface area contributed by atoms with E-state index in [9.17, 15) is 5.11 Å². The summed E-state index contributed by atoms with van der Waals surface area (Å²) in [4.78, 5) is 2.16. The lowest BCUT2D eigenvalue weighted by Gasteiger charge is -2.19. The summed E-state index contributed by atoms with van der Waals surface area (Å²) in [5, 5.41) is 20.6. The van der Waals surface area contributed by atoms with Gasteiger partial charge in [0.15, 0.2) is 0 Å². The van der Waals surface area contributed by atoms with E-state index in [2.05, 4.69) is 38.5 Å². The molecule has 0 aliphatic rings. The number of benzene rings is 1. The van der Waals surface area contributed by atoms with Crippen molar-refractivity contribution < 1.29 is 5.11 Å². The van der Waals surface area contributed by atoms with Crippen LogP contribution in [0.3, 0.4) is 0 Å². The highest BCUT2D eigenvalue weighted by Gasteiger charge is 2.09. The van der Waals surface area contributed by atoms with E-state index in [4.69, 9.17) is 0 Å². The molecule has 1 aromatic carbocycles. The summed E-state index contributed by atoms with van der Waals surface area (Å²) in [6.07, 6.45) is 5.69. The second-order valence-electron chi connectivity index (χ2n) is 5.55.